The van der Waals surface area contributed by atoms with Crippen molar-refractivity contribution in [2.24, 2.45) is 5.73 Å². The molecule has 1 unspecified atom stereocenters. The fourth-order valence-corrected chi connectivity index (χ4v) is 4.46. The lowest BCUT2D eigenvalue weighted by molar-refractivity contribution is 0.108. The number of fused-ring (bicyclic) bond motifs is 3. The van der Waals surface area contributed by atoms with Crippen molar-refractivity contribution in [3.05, 3.63) is 52.8 Å². The molecule has 1 aromatic carbocycles. The first-order valence-corrected chi connectivity index (χ1v) is 9.27. The summed E-state index contributed by atoms with van der Waals surface area (Å²) in [5.74, 6) is 1.89. The van der Waals surface area contributed by atoms with Crippen molar-refractivity contribution >= 4 is 0 Å². The Kier molecular flexibility index (Phi) is 4.59. The van der Waals surface area contributed by atoms with E-state index in [1.54, 1.807) is 14.2 Å². The van der Waals surface area contributed by atoms with E-state index < -0.39 is 0 Å². The van der Waals surface area contributed by atoms with Gasteiger partial charge in [0.05, 0.1) is 14.2 Å². The molecule has 2 aliphatic heterocycles. The van der Waals surface area contributed by atoms with Gasteiger partial charge in [-0.05, 0) is 60.7 Å². The summed E-state index contributed by atoms with van der Waals surface area (Å²) >= 11 is 0. The molecule has 3 atom stereocenters. The number of piperidine rings is 1. The zero-order valence-corrected chi connectivity index (χ0v) is 15.7. The van der Waals surface area contributed by atoms with E-state index in [0.717, 1.165) is 43.1 Å². The highest BCUT2D eigenvalue weighted by molar-refractivity contribution is 5.49. The van der Waals surface area contributed by atoms with Crippen molar-refractivity contribution in [1.82, 2.24) is 9.88 Å². The summed E-state index contributed by atoms with van der Waals surface area (Å²) in [6, 6.07) is 8.93. The molecule has 1 saturated heterocycles. The van der Waals surface area contributed by atoms with Crippen LogP contribution in [0.25, 0.3) is 0 Å². The monoisotopic (exact) mass is 353 g/mol. The molecule has 2 aromatic rings. The van der Waals surface area contributed by atoms with Crippen LogP contribution in [-0.4, -0.2) is 43.2 Å². The van der Waals surface area contributed by atoms with E-state index in [2.05, 4.69) is 35.0 Å². The number of hydrogen-bond donors (Lipinski definition) is 1. The molecule has 0 radical (unpaired) electrons. The second-order valence-electron chi connectivity index (χ2n) is 7.43. The summed E-state index contributed by atoms with van der Waals surface area (Å²) in [5.41, 5.74) is 11.7. The molecule has 5 nitrogen and oxygen atoms in total. The van der Waals surface area contributed by atoms with Gasteiger partial charge in [0.2, 0.25) is 0 Å². The Labute approximate surface area is 155 Å². The molecule has 3 heterocycles. The molecule has 2 aliphatic rings. The first kappa shape index (κ1) is 17.3. The molecule has 0 amide bonds. The Morgan fingerprint density at radius 3 is 2.65 bits per heavy atom. The first-order chi connectivity index (χ1) is 12.6. The zero-order chi connectivity index (χ0) is 18.3. The maximum Gasteiger partial charge on any atom is 0.161 e. The van der Waals surface area contributed by atoms with Crippen LogP contribution in [0.4, 0.5) is 0 Å². The Morgan fingerprint density at radius 2 is 1.92 bits per heavy atom. The molecular formula is C21H27N3O2. The fourth-order valence-electron chi connectivity index (χ4n) is 4.46. The summed E-state index contributed by atoms with van der Waals surface area (Å²) in [6.07, 6.45) is 3.85. The highest BCUT2D eigenvalue weighted by Gasteiger charge is 2.39. The predicted molar refractivity (Wildman–Crippen MR) is 102 cm³/mol. The summed E-state index contributed by atoms with van der Waals surface area (Å²) in [6.45, 7) is 4.11. The molecular weight excluding hydrogens is 326 g/mol. The number of pyridine rings is 1. The molecule has 0 bridgehead atoms. The van der Waals surface area contributed by atoms with Gasteiger partial charge in [-0.1, -0.05) is 0 Å². The van der Waals surface area contributed by atoms with Crippen LogP contribution in [0.1, 0.15) is 40.8 Å². The largest absolute Gasteiger partial charge is 0.493 e. The smallest absolute Gasteiger partial charge is 0.161 e. The van der Waals surface area contributed by atoms with Gasteiger partial charge in [0.15, 0.2) is 11.5 Å². The number of aryl methyl sites for hydroxylation is 1. The molecule has 26 heavy (non-hydrogen) atoms. The Morgan fingerprint density at radius 1 is 1.15 bits per heavy atom. The molecule has 4 rings (SSSR count). The molecule has 0 spiro atoms. The molecule has 138 valence electrons. The lowest BCUT2D eigenvalue weighted by atomic mass is 9.79. The van der Waals surface area contributed by atoms with Crippen molar-refractivity contribution in [3.63, 3.8) is 0 Å². The van der Waals surface area contributed by atoms with Crippen molar-refractivity contribution in [2.45, 2.75) is 37.8 Å². The average Bonchev–Trinajstić information content (AvgIpc) is 2.66. The molecule has 0 saturated carbocycles. The Bertz CT molecular complexity index is 808. The lowest BCUT2D eigenvalue weighted by Crippen LogP contribution is -2.50. The topological polar surface area (TPSA) is 60.6 Å². The Balaban J connectivity index is 1.64. The number of hydrogen-bond acceptors (Lipinski definition) is 5. The maximum atomic E-state index is 6.63. The number of methoxy groups -OCH3 is 2. The van der Waals surface area contributed by atoms with Gasteiger partial charge in [0.1, 0.15) is 0 Å². The van der Waals surface area contributed by atoms with Crippen LogP contribution in [0.3, 0.4) is 0 Å². The lowest BCUT2D eigenvalue weighted by Gasteiger charge is -2.46. The third-order valence-corrected chi connectivity index (χ3v) is 5.87. The summed E-state index contributed by atoms with van der Waals surface area (Å²) < 4.78 is 11.0. The number of aromatic nitrogens is 1. The van der Waals surface area contributed by atoms with Crippen LogP contribution in [-0.2, 0) is 6.42 Å². The van der Waals surface area contributed by atoms with Crippen molar-refractivity contribution < 1.29 is 9.47 Å². The molecule has 5 heteroatoms. The van der Waals surface area contributed by atoms with E-state index in [-0.39, 0.29) is 12.0 Å². The van der Waals surface area contributed by atoms with Gasteiger partial charge in [-0.3, -0.25) is 9.88 Å². The second kappa shape index (κ2) is 6.89. The third-order valence-electron chi connectivity index (χ3n) is 5.87. The maximum absolute atomic E-state index is 6.63. The summed E-state index contributed by atoms with van der Waals surface area (Å²) in [5, 5.41) is 0. The molecule has 1 fully saturated rings. The van der Waals surface area contributed by atoms with Crippen molar-refractivity contribution in [2.75, 3.05) is 27.3 Å². The van der Waals surface area contributed by atoms with E-state index in [9.17, 15) is 0 Å². The normalized spacial score (nSPS) is 25.3. The van der Waals surface area contributed by atoms with Crippen molar-refractivity contribution in [3.8, 4) is 11.5 Å². The van der Waals surface area contributed by atoms with Gasteiger partial charge in [-0.15, -0.1) is 0 Å². The zero-order valence-electron chi connectivity index (χ0n) is 15.7. The minimum absolute atomic E-state index is 0.101. The van der Waals surface area contributed by atoms with Gasteiger partial charge >= 0.3 is 0 Å². The fraction of sp³-hybridized carbons (Fsp3) is 0.476. The van der Waals surface area contributed by atoms with Crippen LogP contribution in [0.5, 0.6) is 11.5 Å². The number of nitrogens with zero attached hydrogens (tertiary/aromatic N) is 2. The number of ether oxygens (including phenoxy) is 2. The van der Waals surface area contributed by atoms with Crippen LogP contribution in [0, 0.1) is 6.92 Å². The van der Waals surface area contributed by atoms with Gasteiger partial charge < -0.3 is 15.2 Å². The average molecular weight is 353 g/mol. The predicted octanol–water partition coefficient (Wildman–Crippen LogP) is 2.82. The van der Waals surface area contributed by atoms with E-state index in [1.165, 1.54) is 16.7 Å². The van der Waals surface area contributed by atoms with Crippen LogP contribution in [0.2, 0.25) is 0 Å². The van der Waals surface area contributed by atoms with Gasteiger partial charge in [-0.2, -0.15) is 0 Å². The van der Waals surface area contributed by atoms with Crippen molar-refractivity contribution in [1.29, 1.82) is 0 Å². The van der Waals surface area contributed by atoms with Gasteiger partial charge in [-0.25, -0.2) is 0 Å². The molecule has 2 N–H and O–H groups in total. The van der Waals surface area contributed by atoms with E-state index >= 15 is 0 Å². The highest BCUT2D eigenvalue weighted by Crippen LogP contribution is 2.43. The van der Waals surface area contributed by atoms with Gasteiger partial charge in [0.25, 0.3) is 0 Å². The quantitative estimate of drug-likeness (QED) is 0.919. The number of nitrogens with two attached hydrogens (primary N) is 1. The highest BCUT2D eigenvalue weighted by atomic mass is 16.5. The third kappa shape index (κ3) is 2.95. The van der Waals surface area contributed by atoms with E-state index in [4.69, 9.17) is 15.2 Å². The SMILES string of the molecule is COc1cc2c(cc1OC)C1C[C@@H](N)[C@H](c3cc(C)ccn3)CN1CC2. The minimum atomic E-state index is 0.101. The van der Waals surface area contributed by atoms with Crippen LogP contribution >= 0.6 is 0 Å². The van der Waals surface area contributed by atoms with E-state index in [1.807, 2.05) is 12.3 Å². The molecule has 1 aromatic heterocycles. The molecule has 0 aliphatic carbocycles. The summed E-state index contributed by atoms with van der Waals surface area (Å²) in [4.78, 5) is 7.16. The summed E-state index contributed by atoms with van der Waals surface area (Å²) in [7, 11) is 3.38. The standard InChI is InChI=1S/C21H27N3O2/c1-13-4-6-23-18(8-13)16-12-24-7-5-14-9-20(25-2)21(26-3)10-15(14)19(24)11-17(16)22/h4,6,8-10,16-17,19H,5,7,11-12,22H2,1-3H3/t16-,17-,19?/m1/s1. The van der Waals surface area contributed by atoms with Crippen LogP contribution < -0.4 is 15.2 Å². The minimum Gasteiger partial charge on any atom is -0.493 e. The van der Waals surface area contributed by atoms with Crippen LogP contribution in [0.15, 0.2) is 30.5 Å². The second-order valence-corrected chi connectivity index (χ2v) is 7.43. The van der Waals surface area contributed by atoms with E-state index in [0.29, 0.717) is 6.04 Å². The van der Waals surface area contributed by atoms with Gasteiger partial charge in [0, 0.05) is 43.0 Å². The first-order valence-electron chi connectivity index (χ1n) is 9.27. The number of rotatable bonds is 3. The number of benzene rings is 1. The Hall–Kier alpha value is -2.11.